The fraction of sp³-hybridized carbons (Fsp3) is 0.316. The zero-order valence-electron chi connectivity index (χ0n) is 14.4. The summed E-state index contributed by atoms with van der Waals surface area (Å²) in [7, 11) is 0. The van der Waals surface area contributed by atoms with Crippen LogP contribution in [0.4, 0.5) is 0 Å². The molecule has 0 aliphatic rings. The first-order valence-electron chi connectivity index (χ1n) is 8.39. The highest BCUT2D eigenvalue weighted by Crippen LogP contribution is 2.31. The number of thiophene rings is 1. The van der Waals surface area contributed by atoms with Crippen molar-refractivity contribution in [2.45, 2.75) is 31.8 Å². The third-order valence-corrected chi connectivity index (χ3v) is 6.15. The first kappa shape index (κ1) is 17.9. The van der Waals surface area contributed by atoms with Gasteiger partial charge >= 0.3 is 0 Å². The Morgan fingerprint density at radius 3 is 2.72 bits per heavy atom. The molecular formula is C19H21N3OS2. The van der Waals surface area contributed by atoms with E-state index in [1.807, 2.05) is 30.0 Å². The molecule has 0 spiro atoms. The first-order valence-corrected chi connectivity index (χ1v) is 10.2. The van der Waals surface area contributed by atoms with E-state index in [9.17, 15) is 4.79 Å². The van der Waals surface area contributed by atoms with Gasteiger partial charge in [0.2, 0.25) is 5.91 Å². The lowest BCUT2D eigenvalue weighted by molar-refractivity contribution is -0.128. The SMILES string of the molecule is CCc1cc2c(SCC(=O)N(CC)Cc3ccccc3)ncnc2s1. The number of nitrogens with zero attached hydrogens (tertiary/aromatic N) is 3. The quantitative estimate of drug-likeness (QED) is 0.456. The summed E-state index contributed by atoms with van der Waals surface area (Å²) in [6.45, 7) is 5.50. The van der Waals surface area contributed by atoms with E-state index >= 15 is 0 Å². The summed E-state index contributed by atoms with van der Waals surface area (Å²) in [5.74, 6) is 0.526. The van der Waals surface area contributed by atoms with E-state index in [0.29, 0.717) is 18.8 Å². The molecule has 0 fully saturated rings. The normalized spacial score (nSPS) is 11.0. The van der Waals surface area contributed by atoms with Crippen molar-refractivity contribution in [3.63, 3.8) is 0 Å². The number of amides is 1. The van der Waals surface area contributed by atoms with Crippen LogP contribution < -0.4 is 0 Å². The highest BCUT2D eigenvalue weighted by Gasteiger charge is 2.15. The van der Waals surface area contributed by atoms with Gasteiger partial charge in [0, 0.05) is 23.4 Å². The summed E-state index contributed by atoms with van der Waals surface area (Å²) in [6.07, 6.45) is 2.58. The van der Waals surface area contributed by atoms with Gasteiger partial charge in [0.25, 0.3) is 0 Å². The molecule has 0 unspecified atom stereocenters. The molecule has 2 heterocycles. The first-order chi connectivity index (χ1) is 12.2. The minimum Gasteiger partial charge on any atom is -0.338 e. The lowest BCUT2D eigenvalue weighted by Gasteiger charge is -2.20. The van der Waals surface area contributed by atoms with Gasteiger partial charge in [-0.15, -0.1) is 11.3 Å². The second kappa shape index (κ2) is 8.45. The Morgan fingerprint density at radius 1 is 1.20 bits per heavy atom. The number of benzene rings is 1. The van der Waals surface area contributed by atoms with E-state index in [2.05, 4.69) is 35.1 Å². The summed E-state index contributed by atoms with van der Waals surface area (Å²) in [5, 5.41) is 1.96. The molecule has 1 amide bonds. The van der Waals surface area contributed by atoms with Gasteiger partial charge in [0.15, 0.2) is 0 Å². The zero-order valence-corrected chi connectivity index (χ0v) is 16.1. The van der Waals surface area contributed by atoms with E-state index in [0.717, 1.165) is 27.2 Å². The van der Waals surface area contributed by atoms with Crippen molar-refractivity contribution in [3.8, 4) is 0 Å². The maximum absolute atomic E-state index is 12.6. The summed E-state index contributed by atoms with van der Waals surface area (Å²) in [4.78, 5) is 25.5. The monoisotopic (exact) mass is 371 g/mol. The molecule has 2 aromatic heterocycles. The number of carbonyl (C=O) groups excluding carboxylic acids is 1. The summed E-state index contributed by atoms with van der Waals surface area (Å²) in [6, 6.07) is 12.2. The fourth-order valence-electron chi connectivity index (χ4n) is 2.57. The smallest absolute Gasteiger partial charge is 0.233 e. The molecule has 0 saturated carbocycles. The lowest BCUT2D eigenvalue weighted by atomic mass is 10.2. The molecule has 4 nitrogen and oxygen atoms in total. The fourth-order valence-corrected chi connectivity index (χ4v) is 4.45. The Kier molecular flexibility index (Phi) is 6.04. The standard InChI is InChI=1S/C19H21N3OS2/c1-3-15-10-16-18(20-13-21-19(16)25-15)24-12-17(23)22(4-2)11-14-8-6-5-7-9-14/h5-10,13H,3-4,11-12H2,1-2H3. The molecule has 1 aromatic carbocycles. The van der Waals surface area contributed by atoms with Crippen molar-refractivity contribution in [2.24, 2.45) is 0 Å². The summed E-state index contributed by atoms with van der Waals surface area (Å²) < 4.78 is 0. The topological polar surface area (TPSA) is 46.1 Å². The Labute approximate surface area is 156 Å². The molecule has 0 saturated heterocycles. The minimum absolute atomic E-state index is 0.133. The number of hydrogen-bond acceptors (Lipinski definition) is 5. The Balaban J connectivity index is 1.68. The highest BCUT2D eigenvalue weighted by molar-refractivity contribution is 8.00. The molecule has 0 bridgehead atoms. The summed E-state index contributed by atoms with van der Waals surface area (Å²) in [5.41, 5.74) is 1.15. The maximum Gasteiger partial charge on any atom is 0.233 e. The molecule has 0 radical (unpaired) electrons. The molecule has 130 valence electrons. The van der Waals surface area contributed by atoms with Crippen LogP contribution in [0.15, 0.2) is 47.8 Å². The molecule has 0 aliphatic heterocycles. The van der Waals surface area contributed by atoms with Gasteiger partial charge in [-0.05, 0) is 25.0 Å². The Morgan fingerprint density at radius 2 is 2.00 bits per heavy atom. The predicted molar refractivity (Wildman–Crippen MR) is 105 cm³/mol. The van der Waals surface area contributed by atoms with Crippen LogP contribution >= 0.6 is 23.1 Å². The van der Waals surface area contributed by atoms with Crippen LogP contribution in [0.3, 0.4) is 0 Å². The minimum atomic E-state index is 0.133. The zero-order chi connectivity index (χ0) is 17.6. The van der Waals surface area contributed by atoms with Gasteiger partial charge in [-0.2, -0.15) is 0 Å². The van der Waals surface area contributed by atoms with Crippen LogP contribution in [0.5, 0.6) is 0 Å². The van der Waals surface area contributed by atoms with Crippen molar-refractivity contribution in [1.82, 2.24) is 14.9 Å². The second-order valence-corrected chi connectivity index (χ2v) is 7.73. The molecule has 0 N–H and O–H groups in total. The number of fused-ring (bicyclic) bond motifs is 1. The van der Waals surface area contributed by atoms with Crippen LogP contribution in [-0.2, 0) is 17.8 Å². The van der Waals surface area contributed by atoms with Crippen LogP contribution in [0.1, 0.15) is 24.3 Å². The van der Waals surface area contributed by atoms with Gasteiger partial charge in [-0.1, -0.05) is 49.0 Å². The van der Waals surface area contributed by atoms with Gasteiger partial charge in [0.05, 0.1) is 5.75 Å². The second-order valence-electron chi connectivity index (χ2n) is 5.65. The van der Waals surface area contributed by atoms with Crippen molar-refractivity contribution < 1.29 is 4.79 Å². The van der Waals surface area contributed by atoms with E-state index < -0.39 is 0 Å². The number of aromatic nitrogens is 2. The largest absolute Gasteiger partial charge is 0.338 e. The van der Waals surface area contributed by atoms with Crippen LogP contribution in [0.2, 0.25) is 0 Å². The van der Waals surface area contributed by atoms with Gasteiger partial charge < -0.3 is 4.90 Å². The average Bonchev–Trinajstić information content (AvgIpc) is 3.09. The van der Waals surface area contributed by atoms with Crippen LogP contribution in [-0.4, -0.2) is 33.1 Å². The number of rotatable bonds is 7. The van der Waals surface area contributed by atoms with Gasteiger partial charge in [0.1, 0.15) is 16.2 Å². The van der Waals surface area contributed by atoms with Gasteiger partial charge in [-0.3, -0.25) is 4.79 Å². The molecule has 25 heavy (non-hydrogen) atoms. The average molecular weight is 372 g/mol. The molecule has 3 rings (SSSR count). The van der Waals surface area contributed by atoms with Crippen LogP contribution in [0, 0.1) is 0 Å². The maximum atomic E-state index is 12.6. The van der Waals surface area contributed by atoms with Crippen molar-refractivity contribution in [2.75, 3.05) is 12.3 Å². The predicted octanol–water partition coefficient (Wildman–Crippen LogP) is 4.39. The van der Waals surface area contributed by atoms with E-state index in [4.69, 9.17) is 0 Å². The molecular weight excluding hydrogens is 350 g/mol. The molecule has 6 heteroatoms. The molecule has 0 aliphatic carbocycles. The van der Waals surface area contributed by atoms with Crippen LogP contribution in [0.25, 0.3) is 10.2 Å². The molecule has 3 aromatic rings. The Bertz CT molecular complexity index is 848. The van der Waals surface area contributed by atoms with Crippen molar-refractivity contribution in [3.05, 3.63) is 53.2 Å². The number of hydrogen-bond donors (Lipinski definition) is 0. The van der Waals surface area contributed by atoms with E-state index in [1.165, 1.54) is 16.6 Å². The Hall–Kier alpha value is -1.92. The number of thioether (sulfide) groups is 1. The van der Waals surface area contributed by atoms with Crippen molar-refractivity contribution in [1.29, 1.82) is 0 Å². The van der Waals surface area contributed by atoms with E-state index in [-0.39, 0.29) is 5.91 Å². The van der Waals surface area contributed by atoms with Crippen molar-refractivity contribution >= 4 is 39.2 Å². The third kappa shape index (κ3) is 4.38. The number of aryl methyl sites for hydroxylation is 1. The highest BCUT2D eigenvalue weighted by atomic mass is 32.2. The number of carbonyl (C=O) groups is 1. The molecule has 0 atom stereocenters. The van der Waals surface area contributed by atoms with E-state index in [1.54, 1.807) is 17.7 Å². The van der Waals surface area contributed by atoms with Gasteiger partial charge in [-0.25, -0.2) is 9.97 Å². The summed E-state index contributed by atoms with van der Waals surface area (Å²) >= 11 is 3.20. The lowest BCUT2D eigenvalue weighted by Crippen LogP contribution is -2.31. The third-order valence-electron chi connectivity index (χ3n) is 3.98.